The normalized spacial score (nSPS) is 14.1. The first-order valence-corrected chi connectivity index (χ1v) is 12.8. The minimum atomic E-state index is -0.510. The van der Waals surface area contributed by atoms with Crippen molar-refractivity contribution in [3.63, 3.8) is 0 Å². The summed E-state index contributed by atoms with van der Waals surface area (Å²) in [6.45, 7) is 9.98. The summed E-state index contributed by atoms with van der Waals surface area (Å²) < 4.78 is 22.5. The number of hydrogen-bond donors (Lipinski definition) is 1. The number of ether oxygens (including phenoxy) is 1. The van der Waals surface area contributed by atoms with Gasteiger partial charge < -0.3 is 19.3 Å². The third-order valence-electron chi connectivity index (χ3n) is 5.53. The third-order valence-corrected chi connectivity index (χ3v) is 6.58. The van der Waals surface area contributed by atoms with Crippen LogP contribution in [-0.4, -0.2) is 52.7 Å². The molecule has 0 unspecified atom stereocenters. The molecule has 1 aliphatic heterocycles. The van der Waals surface area contributed by atoms with Crippen LogP contribution in [0.15, 0.2) is 53.6 Å². The number of carbonyl (C=O) groups excluding carboxylic acids is 1. The van der Waals surface area contributed by atoms with Gasteiger partial charge in [0.2, 0.25) is 0 Å². The van der Waals surface area contributed by atoms with E-state index in [9.17, 15) is 9.18 Å². The van der Waals surface area contributed by atoms with Crippen LogP contribution >= 0.6 is 23.5 Å². The van der Waals surface area contributed by atoms with Gasteiger partial charge in [0.05, 0.1) is 10.7 Å². The lowest BCUT2D eigenvalue weighted by Crippen LogP contribution is -2.50. The lowest BCUT2D eigenvalue weighted by Gasteiger charge is -2.36. The standard InChI is InChI=1S/C26H29ClFN5O2S/c1-17-8-9-18(28)16-19(17)24-20(27)10-11-21(29-24)31-36-23-7-5-6-22(30-23)32-12-14-33(15-13-32)25(34)35-26(2,3)4/h5-11,16H,12-15H2,1-4H3,(H,29,31). The maximum absolute atomic E-state index is 13.8. The molecule has 1 aliphatic rings. The number of carbonyl (C=O) groups is 1. The first-order chi connectivity index (χ1) is 17.1. The summed E-state index contributed by atoms with van der Waals surface area (Å²) in [5.74, 6) is 1.08. The summed E-state index contributed by atoms with van der Waals surface area (Å²) in [4.78, 5) is 25.6. The number of piperazine rings is 1. The molecule has 0 bridgehead atoms. The van der Waals surface area contributed by atoms with Gasteiger partial charge in [0.1, 0.15) is 28.1 Å². The predicted octanol–water partition coefficient (Wildman–Crippen LogP) is 6.42. The second kappa shape index (κ2) is 10.9. The zero-order chi connectivity index (χ0) is 25.9. The van der Waals surface area contributed by atoms with Gasteiger partial charge in [-0.15, -0.1) is 0 Å². The molecule has 3 heterocycles. The Morgan fingerprint density at radius 2 is 1.83 bits per heavy atom. The number of hydrogen-bond acceptors (Lipinski definition) is 7. The molecule has 1 N–H and O–H groups in total. The largest absolute Gasteiger partial charge is 0.444 e. The molecular weight excluding hydrogens is 501 g/mol. The molecule has 4 rings (SSSR count). The van der Waals surface area contributed by atoms with Crippen LogP contribution in [0.2, 0.25) is 5.02 Å². The highest BCUT2D eigenvalue weighted by molar-refractivity contribution is 8.00. The van der Waals surface area contributed by atoms with E-state index in [4.69, 9.17) is 21.3 Å². The van der Waals surface area contributed by atoms with Crippen LogP contribution in [0.4, 0.5) is 20.8 Å². The number of amides is 1. The maximum Gasteiger partial charge on any atom is 0.410 e. The number of halogens is 2. The number of rotatable bonds is 5. The third kappa shape index (κ3) is 6.59. The average Bonchev–Trinajstić information content (AvgIpc) is 2.84. The number of nitrogens with one attached hydrogen (secondary N) is 1. The smallest absolute Gasteiger partial charge is 0.410 e. The van der Waals surface area contributed by atoms with Crippen LogP contribution in [0.1, 0.15) is 26.3 Å². The first kappa shape index (κ1) is 26.0. The molecule has 3 aromatic rings. The number of aryl methyl sites for hydroxylation is 1. The molecule has 0 radical (unpaired) electrons. The molecular formula is C26H29ClFN5O2S. The number of pyridine rings is 2. The quantitative estimate of drug-likeness (QED) is 0.382. The topological polar surface area (TPSA) is 70.6 Å². The highest BCUT2D eigenvalue weighted by Gasteiger charge is 2.26. The zero-order valence-corrected chi connectivity index (χ0v) is 22.3. The molecule has 0 spiro atoms. The fourth-order valence-electron chi connectivity index (χ4n) is 3.72. The van der Waals surface area contributed by atoms with Gasteiger partial charge in [-0.3, -0.25) is 0 Å². The summed E-state index contributed by atoms with van der Waals surface area (Å²) in [6.07, 6.45) is -0.285. The Kier molecular flexibility index (Phi) is 7.90. The van der Waals surface area contributed by atoms with Gasteiger partial charge in [0, 0.05) is 43.7 Å². The maximum atomic E-state index is 13.8. The Hall–Kier alpha value is -3.04. The van der Waals surface area contributed by atoms with E-state index >= 15 is 0 Å². The monoisotopic (exact) mass is 529 g/mol. The van der Waals surface area contributed by atoms with E-state index in [1.54, 1.807) is 23.1 Å². The summed E-state index contributed by atoms with van der Waals surface area (Å²) in [7, 11) is 0. The van der Waals surface area contributed by atoms with Crippen LogP contribution in [0.3, 0.4) is 0 Å². The highest BCUT2D eigenvalue weighted by Crippen LogP contribution is 2.31. The Morgan fingerprint density at radius 3 is 2.56 bits per heavy atom. The van der Waals surface area contributed by atoms with Gasteiger partial charge in [-0.25, -0.2) is 19.2 Å². The van der Waals surface area contributed by atoms with Crippen molar-refractivity contribution in [2.24, 2.45) is 0 Å². The molecule has 36 heavy (non-hydrogen) atoms. The van der Waals surface area contributed by atoms with Crippen LogP contribution < -0.4 is 9.62 Å². The molecule has 0 aliphatic carbocycles. The molecule has 0 saturated carbocycles. The molecule has 190 valence electrons. The van der Waals surface area contributed by atoms with Crippen molar-refractivity contribution in [1.82, 2.24) is 14.9 Å². The average molecular weight is 530 g/mol. The van der Waals surface area contributed by atoms with Crippen molar-refractivity contribution in [3.05, 3.63) is 64.9 Å². The van der Waals surface area contributed by atoms with Crippen molar-refractivity contribution < 1.29 is 13.9 Å². The molecule has 2 aromatic heterocycles. The summed E-state index contributed by atoms with van der Waals surface area (Å²) >= 11 is 7.70. The predicted molar refractivity (Wildman–Crippen MR) is 143 cm³/mol. The highest BCUT2D eigenvalue weighted by atomic mass is 35.5. The second-order valence-electron chi connectivity index (χ2n) is 9.48. The second-order valence-corrected chi connectivity index (χ2v) is 10.7. The Morgan fingerprint density at radius 1 is 1.08 bits per heavy atom. The van der Waals surface area contributed by atoms with E-state index in [0.29, 0.717) is 48.3 Å². The van der Waals surface area contributed by atoms with Crippen molar-refractivity contribution >= 4 is 41.3 Å². The van der Waals surface area contributed by atoms with Gasteiger partial charge in [-0.1, -0.05) is 23.7 Å². The van der Waals surface area contributed by atoms with E-state index in [1.165, 1.54) is 24.1 Å². The number of nitrogens with zero attached hydrogens (tertiary/aromatic N) is 4. The van der Waals surface area contributed by atoms with Gasteiger partial charge >= 0.3 is 6.09 Å². The van der Waals surface area contributed by atoms with Gasteiger partial charge in [-0.2, -0.15) is 0 Å². The molecule has 0 atom stereocenters. The minimum Gasteiger partial charge on any atom is -0.444 e. The first-order valence-electron chi connectivity index (χ1n) is 11.6. The molecule has 1 amide bonds. The van der Waals surface area contributed by atoms with Gasteiger partial charge in [-0.05, 0) is 69.7 Å². The summed E-state index contributed by atoms with van der Waals surface area (Å²) in [5.41, 5.74) is 1.55. The van der Waals surface area contributed by atoms with Crippen molar-refractivity contribution in [2.75, 3.05) is 35.8 Å². The Balaban J connectivity index is 1.39. The SMILES string of the molecule is Cc1ccc(F)cc1-c1nc(NSc2cccc(N3CCN(C(=O)OC(C)(C)C)CC3)n2)ccc1Cl. The summed E-state index contributed by atoms with van der Waals surface area (Å²) in [6, 6.07) is 13.9. The van der Waals surface area contributed by atoms with E-state index in [-0.39, 0.29) is 11.9 Å². The number of benzene rings is 1. The Labute approximate surface area is 220 Å². The minimum absolute atomic E-state index is 0.285. The van der Waals surface area contributed by atoms with E-state index in [2.05, 4.69) is 14.6 Å². The zero-order valence-electron chi connectivity index (χ0n) is 20.7. The van der Waals surface area contributed by atoms with Gasteiger partial charge in [0.25, 0.3) is 0 Å². The number of aromatic nitrogens is 2. The van der Waals surface area contributed by atoms with Crippen LogP contribution in [-0.2, 0) is 4.74 Å². The van der Waals surface area contributed by atoms with Crippen molar-refractivity contribution in [2.45, 2.75) is 38.3 Å². The molecule has 1 saturated heterocycles. The summed E-state index contributed by atoms with van der Waals surface area (Å²) in [5, 5.41) is 1.22. The molecule has 1 aromatic carbocycles. The number of anilines is 2. The fourth-order valence-corrected chi connectivity index (χ4v) is 4.54. The molecule has 10 heteroatoms. The van der Waals surface area contributed by atoms with Crippen LogP contribution in [0, 0.1) is 12.7 Å². The van der Waals surface area contributed by atoms with E-state index in [0.717, 1.165) is 16.4 Å². The van der Waals surface area contributed by atoms with Crippen molar-refractivity contribution in [3.8, 4) is 11.3 Å². The van der Waals surface area contributed by atoms with Gasteiger partial charge in [0.15, 0.2) is 0 Å². The van der Waals surface area contributed by atoms with Crippen LogP contribution in [0.5, 0.6) is 0 Å². The fraction of sp³-hybridized carbons (Fsp3) is 0.346. The lowest BCUT2D eigenvalue weighted by atomic mass is 10.0. The Bertz CT molecular complexity index is 1250. The van der Waals surface area contributed by atoms with Crippen molar-refractivity contribution in [1.29, 1.82) is 0 Å². The van der Waals surface area contributed by atoms with E-state index in [1.807, 2.05) is 45.9 Å². The molecule has 1 fully saturated rings. The lowest BCUT2D eigenvalue weighted by molar-refractivity contribution is 0.0240. The van der Waals surface area contributed by atoms with E-state index < -0.39 is 5.60 Å². The van der Waals surface area contributed by atoms with Crippen LogP contribution in [0.25, 0.3) is 11.3 Å². The molecule has 7 nitrogen and oxygen atoms in total.